The normalized spacial score (nSPS) is 20.6. The van der Waals surface area contributed by atoms with Crippen LogP contribution in [0.25, 0.3) is 0 Å². The van der Waals surface area contributed by atoms with Crippen LogP contribution in [-0.4, -0.2) is 34.3 Å². The van der Waals surface area contributed by atoms with Gasteiger partial charge >= 0.3 is 0 Å². The van der Waals surface area contributed by atoms with Crippen LogP contribution in [-0.2, 0) is 0 Å². The smallest absolute Gasteiger partial charge is 0.145 e. The first-order valence-electron chi connectivity index (χ1n) is 6.72. The maximum absolute atomic E-state index is 5.65. The Kier molecular flexibility index (Phi) is 4.05. The summed E-state index contributed by atoms with van der Waals surface area (Å²) in [6.07, 6.45) is 5.66. The molecule has 4 nitrogen and oxygen atoms in total. The van der Waals surface area contributed by atoms with Crippen LogP contribution in [0.15, 0.2) is 12.3 Å². The summed E-state index contributed by atoms with van der Waals surface area (Å²) < 4.78 is 2.04. The van der Waals surface area contributed by atoms with Crippen molar-refractivity contribution in [2.75, 3.05) is 25.4 Å². The van der Waals surface area contributed by atoms with Crippen molar-refractivity contribution >= 4 is 5.82 Å². The summed E-state index contributed by atoms with van der Waals surface area (Å²) in [5.74, 6) is 1.44. The van der Waals surface area contributed by atoms with Crippen molar-refractivity contribution in [3.8, 4) is 0 Å². The van der Waals surface area contributed by atoms with Gasteiger partial charge in [-0.3, -0.25) is 4.68 Å². The number of hydrogen-bond donors (Lipinski definition) is 1. The predicted octanol–water partition coefficient (Wildman–Crippen LogP) is 2.15. The Morgan fingerprint density at radius 2 is 2.18 bits per heavy atom. The standard InChI is InChI=1S/C13H24N4/c1-3-11(2)10-16-7-4-12(5-8-16)17-9-6-13(14)15-17/h6,9,11-12H,3-5,7-8,10H2,1-2H3,(H2,14,15). The van der Waals surface area contributed by atoms with Crippen molar-refractivity contribution in [1.29, 1.82) is 0 Å². The van der Waals surface area contributed by atoms with Gasteiger partial charge in [0.2, 0.25) is 0 Å². The molecule has 1 unspecified atom stereocenters. The van der Waals surface area contributed by atoms with Gasteiger partial charge in [0.15, 0.2) is 0 Å². The molecule has 2 N–H and O–H groups in total. The highest BCUT2D eigenvalue weighted by atomic mass is 15.3. The van der Waals surface area contributed by atoms with Gasteiger partial charge in [-0.05, 0) is 24.8 Å². The van der Waals surface area contributed by atoms with Gasteiger partial charge in [0.25, 0.3) is 0 Å². The van der Waals surface area contributed by atoms with Crippen molar-refractivity contribution in [1.82, 2.24) is 14.7 Å². The number of hydrogen-bond acceptors (Lipinski definition) is 3. The Morgan fingerprint density at radius 1 is 1.47 bits per heavy atom. The summed E-state index contributed by atoms with van der Waals surface area (Å²) in [6.45, 7) is 8.22. The fourth-order valence-electron chi connectivity index (χ4n) is 2.49. The van der Waals surface area contributed by atoms with E-state index in [1.165, 1.54) is 38.9 Å². The average molecular weight is 236 g/mol. The largest absolute Gasteiger partial charge is 0.382 e. The van der Waals surface area contributed by atoms with Gasteiger partial charge in [0.1, 0.15) is 5.82 Å². The molecule has 0 radical (unpaired) electrons. The van der Waals surface area contributed by atoms with Crippen LogP contribution >= 0.6 is 0 Å². The van der Waals surface area contributed by atoms with Crippen molar-refractivity contribution in [3.05, 3.63) is 12.3 Å². The van der Waals surface area contributed by atoms with Crippen LogP contribution in [0.4, 0.5) is 5.82 Å². The van der Waals surface area contributed by atoms with Gasteiger partial charge < -0.3 is 10.6 Å². The third kappa shape index (κ3) is 3.22. The van der Waals surface area contributed by atoms with E-state index in [9.17, 15) is 0 Å². The fourth-order valence-corrected chi connectivity index (χ4v) is 2.49. The molecule has 17 heavy (non-hydrogen) atoms. The molecule has 2 rings (SSSR count). The second-order valence-electron chi connectivity index (χ2n) is 5.27. The molecule has 0 aliphatic carbocycles. The Bertz CT molecular complexity index is 339. The third-order valence-corrected chi connectivity index (χ3v) is 3.83. The van der Waals surface area contributed by atoms with Crippen LogP contribution in [0.1, 0.15) is 39.2 Å². The zero-order valence-electron chi connectivity index (χ0n) is 11.0. The second-order valence-corrected chi connectivity index (χ2v) is 5.27. The monoisotopic (exact) mass is 236 g/mol. The zero-order valence-corrected chi connectivity index (χ0v) is 11.0. The van der Waals surface area contributed by atoms with Crippen molar-refractivity contribution in [3.63, 3.8) is 0 Å². The van der Waals surface area contributed by atoms with Crippen LogP contribution in [0, 0.1) is 5.92 Å². The minimum absolute atomic E-state index is 0.542. The van der Waals surface area contributed by atoms with E-state index in [1.54, 1.807) is 0 Å². The molecule has 0 saturated carbocycles. The molecule has 1 atom stereocenters. The SMILES string of the molecule is CCC(C)CN1CCC(n2ccc(N)n2)CC1. The predicted molar refractivity (Wildman–Crippen MR) is 70.8 cm³/mol. The van der Waals surface area contributed by atoms with Crippen LogP contribution < -0.4 is 5.73 Å². The van der Waals surface area contributed by atoms with E-state index >= 15 is 0 Å². The highest BCUT2D eigenvalue weighted by Gasteiger charge is 2.21. The fraction of sp³-hybridized carbons (Fsp3) is 0.769. The molecule has 0 aromatic carbocycles. The number of nitrogens with two attached hydrogens (primary N) is 1. The molecule has 2 heterocycles. The first kappa shape index (κ1) is 12.4. The van der Waals surface area contributed by atoms with E-state index in [0.717, 1.165) is 5.92 Å². The lowest BCUT2D eigenvalue weighted by Gasteiger charge is -2.33. The number of nitrogen functional groups attached to an aromatic ring is 1. The molecule has 0 spiro atoms. The lowest BCUT2D eigenvalue weighted by molar-refractivity contribution is 0.160. The molecule has 4 heteroatoms. The van der Waals surface area contributed by atoms with Gasteiger partial charge in [-0.2, -0.15) is 5.10 Å². The Labute approximate surface area is 104 Å². The molecule has 0 bridgehead atoms. The average Bonchev–Trinajstić information content (AvgIpc) is 2.77. The van der Waals surface area contributed by atoms with Crippen molar-refractivity contribution in [2.45, 2.75) is 39.2 Å². The molecule has 1 aliphatic heterocycles. The Hall–Kier alpha value is -1.03. The first-order chi connectivity index (χ1) is 8.19. The molecule has 1 aromatic rings. The Morgan fingerprint density at radius 3 is 2.71 bits per heavy atom. The third-order valence-electron chi connectivity index (χ3n) is 3.83. The highest BCUT2D eigenvalue weighted by Crippen LogP contribution is 2.23. The maximum atomic E-state index is 5.65. The number of anilines is 1. The molecular weight excluding hydrogens is 212 g/mol. The summed E-state index contributed by atoms with van der Waals surface area (Å²) >= 11 is 0. The second kappa shape index (κ2) is 5.54. The minimum Gasteiger partial charge on any atom is -0.382 e. The Balaban J connectivity index is 1.82. The van der Waals surface area contributed by atoms with E-state index in [1.807, 2.05) is 16.9 Å². The number of nitrogens with zero attached hydrogens (tertiary/aromatic N) is 3. The topological polar surface area (TPSA) is 47.1 Å². The zero-order chi connectivity index (χ0) is 12.3. The van der Waals surface area contributed by atoms with Crippen molar-refractivity contribution in [2.24, 2.45) is 5.92 Å². The van der Waals surface area contributed by atoms with Gasteiger partial charge in [0, 0.05) is 25.8 Å². The lowest BCUT2D eigenvalue weighted by Crippen LogP contribution is -2.37. The molecule has 0 amide bonds. The minimum atomic E-state index is 0.542. The lowest BCUT2D eigenvalue weighted by atomic mass is 10.0. The summed E-state index contributed by atoms with van der Waals surface area (Å²) in [5, 5.41) is 4.31. The molecule has 1 aliphatic rings. The molecular formula is C13H24N4. The van der Waals surface area contributed by atoms with E-state index in [4.69, 9.17) is 5.73 Å². The highest BCUT2D eigenvalue weighted by molar-refractivity contribution is 5.24. The molecule has 1 saturated heterocycles. The summed E-state index contributed by atoms with van der Waals surface area (Å²) in [6, 6.07) is 2.42. The van der Waals surface area contributed by atoms with E-state index in [0.29, 0.717) is 11.9 Å². The van der Waals surface area contributed by atoms with Gasteiger partial charge in [0.05, 0.1) is 6.04 Å². The first-order valence-corrected chi connectivity index (χ1v) is 6.72. The number of rotatable bonds is 4. The van der Waals surface area contributed by atoms with Gasteiger partial charge in [-0.15, -0.1) is 0 Å². The summed E-state index contributed by atoms with van der Waals surface area (Å²) in [5.41, 5.74) is 5.65. The van der Waals surface area contributed by atoms with Crippen LogP contribution in [0.5, 0.6) is 0 Å². The number of piperidine rings is 1. The quantitative estimate of drug-likeness (QED) is 0.871. The van der Waals surface area contributed by atoms with E-state index < -0.39 is 0 Å². The summed E-state index contributed by atoms with van der Waals surface area (Å²) in [7, 11) is 0. The van der Waals surface area contributed by atoms with Crippen molar-refractivity contribution < 1.29 is 0 Å². The number of aromatic nitrogens is 2. The van der Waals surface area contributed by atoms with Crippen LogP contribution in [0.2, 0.25) is 0 Å². The molecule has 1 fully saturated rings. The number of likely N-dealkylation sites (tertiary alicyclic amines) is 1. The molecule has 1 aromatic heterocycles. The van der Waals surface area contributed by atoms with Crippen LogP contribution in [0.3, 0.4) is 0 Å². The maximum Gasteiger partial charge on any atom is 0.145 e. The van der Waals surface area contributed by atoms with E-state index in [-0.39, 0.29) is 0 Å². The van der Waals surface area contributed by atoms with Gasteiger partial charge in [-0.1, -0.05) is 20.3 Å². The molecule has 96 valence electrons. The van der Waals surface area contributed by atoms with E-state index in [2.05, 4.69) is 23.8 Å². The van der Waals surface area contributed by atoms with Gasteiger partial charge in [-0.25, -0.2) is 0 Å². The summed E-state index contributed by atoms with van der Waals surface area (Å²) in [4.78, 5) is 2.58.